The summed E-state index contributed by atoms with van der Waals surface area (Å²) in [5.41, 5.74) is 1.18. The number of amides is 1. The number of rotatable bonds is 5. The first-order valence-corrected chi connectivity index (χ1v) is 8.08. The molecule has 0 aliphatic carbocycles. The highest BCUT2D eigenvalue weighted by molar-refractivity contribution is 6.33. The van der Waals surface area contributed by atoms with Crippen molar-refractivity contribution in [2.45, 2.75) is 12.8 Å². The average molecular weight is 338 g/mol. The number of halogens is 1. The molecule has 3 nitrogen and oxygen atoms in total. The summed E-state index contributed by atoms with van der Waals surface area (Å²) in [6, 6.07) is 20.5. The van der Waals surface area contributed by atoms with E-state index in [9.17, 15) is 9.59 Å². The molecule has 3 aromatic rings. The van der Waals surface area contributed by atoms with Crippen LogP contribution in [0.25, 0.3) is 10.8 Å². The van der Waals surface area contributed by atoms with Crippen molar-refractivity contribution in [3.05, 3.63) is 77.3 Å². The monoisotopic (exact) mass is 337 g/mol. The van der Waals surface area contributed by atoms with Gasteiger partial charge in [-0.05, 0) is 29.0 Å². The molecule has 0 heterocycles. The molecule has 24 heavy (non-hydrogen) atoms. The standard InChI is InChI=1S/C20H16ClNO2/c21-17-7-3-4-8-18(17)22-20(24)12-11-19(23)16-10-9-14-5-1-2-6-15(14)13-16/h1-10,13H,11-12H2,(H,22,24). The summed E-state index contributed by atoms with van der Waals surface area (Å²) in [5.74, 6) is -0.271. The highest BCUT2D eigenvalue weighted by atomic mass is 35.5. The third kappa shape index (κ3) is 3.81. The van der Waals surface area contributed by atoms with Crippen molar-refractivity contribution in [1.82, 2.24) is 0 Å². The minimum atomic E-state index is -0.225. The molecule has 1 N–H and O–H groups in total. The molecule has 0 spiro atoms. The minimum absolute atomic E-state index is 0.0462. The number of anilines is 1. The van der Waals surface area contributed by atoms with Crippen molar-refractivity contribution in [3.63, 3.8) is 0 Å². The Morgan fingerprint density at radius 2 is 1.54 bits per heavy atom. The van der Waals surface area contributed by atoms with Crippen molar-refractivity contribution in [2.75, 3.05) is 5.32 Å². The zero-order valence-corrected chi connectivity index (χ0v) is 13.7. The molecule has 4 heteroatoms. The topological polar surface area (TPSA) is 46.2 Å². The second-order valence-electron chi connectivity index (χ2n) is 5.51. The van der Waals surface area contributed by atoms with Crippen molar-refractivity contribution in [2.24, 2.45) is 0 Å². The van der Waals surface area contributed by atoms with Crippen LogP contribution in [0.2, 0.25) is 5.02 Å². The molecule has 0 aliphatic heterocycles. The van der Waals surface area contributed by atoms with Gasteiger partial charge in [-0.25, -0.2) is 0 Å². The van der Waals surface area contributed by atoms with Crippen molar-refractivity contribution >= 4 is 39.8 Å². The van der Waals surface area contributed by atoms with Crippen molar-refractivity contribution in [1.29, 1.82) is 0 Å². The van der Waals surface area contributed by atoms with E-state index in [0.29, 0.717) is 16.3 Å². The average Bonchev–Trinajstić information content (AvgIpc) is 2.61. The maximum Gasteiger partial charge on any atom is 0.224 e. The Balaban J connectivity index is 1.62. The molecular weight excluding hydrogens is 322 g/mol. The van der Waals surface area contributed by atoms with Crippen LogP contribution in [-0.4, -0.2) is 11.7 Å². The number of carbonyl (C=O) groups excluding carboxylic acids is 2. The number of Topliss-reactive ketones (excluding diaryl/α,β-unsaturated/α-hetero) is 1. The van der Waals surface area contributed by atoms with Gasteiger partial charge in [-0.1, -0.05) is 60.1 Å². The minimum Gasteiger partial charge on any atom is -0.325 e. The smallest absolute Gasteiger partial charge is 0.224 e. The van der Waals surface area contributed by atoms with Gasteiger partial charge in [-0.15, -0.1) is 0 Å². The number of para-hydroxylation sites is 1. The Morgan fingerprint density at radius 1 is 0.833 bits per heavy atom. The van der Waals surface area contributed by atoms with Gasteiger partial charge in [0, 0.05) is 18.4 Å². The first-order valence-electron chi connectivity index (χ1n) is 7.70. The lowest BCUT2D eigenvalue weighted by molar-refractivity contribution is -0.116. The molecule has 0 saturated carbocycles. The highest BCUT2D eigenvalue weighted by Gasteiger charge is 2.11. The van der Waals surface area contributed by atoms with Crippen LogP contribution in [0.1, 0.15) is 23.2 Å². The number of fused-ring (bicyclic) bond motifs is 1. The summed E-state index contributed by atoms with van der Waals surface area (Å²) in [7, 11) is 0. The van der Waals surface area contributed by atoms with Gasteiger partial charge < -0.3 is 5.32 Å². The zero-order valence-electron chi connectivity index (χ0n) is 13.0. The number of nitrogens with one attached hydrogen (secondary N) is 1. The Kier molecular flexibility index (Phi) is 4.92. The molecule has 0 radical (unpaired) electrons. The predicted octanol–water partition coefficient (Wildman–Crippen LogP) is 5.09. The van der Waals surface area contributed by atoms with Gasteiger partial charge in [0.05, 0.1) is 10.7 Å². The second-order valence-corrected chi connectivity index (χ2v) is 5.92. The van der Waals surface area contributed by atoms with Crippen LogP contribution in [0.3, 0.4) is 0 Å². The van der Waals surface area contributed by atoms with Crippen LogP contribution in [0.4, 0.5) is 5.69 Å². The fourth-order valence-corrected chi connectivity index (χ4v) is 2.69. The third-order valence-electron chi connectivity index (χ3n) is 3.80. The highest BCUT2D eigenvalue weighted by Crippen LogP contribution is 2.21. The maximum atomic E-state index is 12.3. The Labute approximate surface area is 145 Å². The van der Waals surface area contributed by atoms with Gasteiger partial charge in [-0.2, -0.15) is 0 Å². The van der Waals surface area contributed by atoms with Gasteiger partial charge in [0.1, 0.15) is 0 Å². The number of carbonyl (C=O) groups is 2. The molecule has 0 atom stereocenters. The van der Waals surface area contributed by atoms with Crippen LogP contribution in [0.15, 0.2) is 66.7 Å². The van der Waals surface area contributed by atoms with Gasteiger partial charge in [0.2, 0.25) is 5.91 Å². The summed E-state index contributed by atoms with van der Waals surface area (Å²) in [6.45, 7) is 0. The van der Waals surface area contributed by atoms with Crippen LogP contribution >= 0.6 is 11.6 Å². The Hall–Kier alpha value is -2.65. The summed E-state index contributed by atoms with van der Waals surface area (Å²) in [4.78, 5) is 24.3. The lowest BCUT2D eigenvalue weighted by Gasteiger charge is -2.07. The first-order chi connectivity index (χ1) is 11.6. The summed E-state index contributed by atoms with van der Waals surface area (Å²) >= 11 is 6.00. The van der Waals surface area contributed by atoms with Crippen molar-refractivity contribution in [3.8, 4) is 0 Å². The quantitative estimate of drug-likeness (QED) is 0.659. The van der Waals surface area contributed by atoms with Crippen LogP contribution in [-0.2, 0) is 4.79 Å². The van der Waals surface area contributed by atoms with Gasteiger partial charge in [-0.3, -0.25) is 9.59 Å². The van der Waals surface area contributed by atoms with E-state index >= 15 is 0 Å². The summed E-state index contributed by atoms with van der Waals surface area (Å²) < 4.78 is 0. The second kappa shape index (κ2) is 7.28. The molecule has 120 valence electrons. The van der Waals surface area contributed by atoms with Gasteiger partial charge >= 0.3 is 0 Å². The van der Waals surface area contributed by atoms with E-state index in [1.165, 1.54) is 0 Å². The molecule has 0 aliphatic rings. The van der Waals surface area contributed by atoms with E-state index in [1.807, 2.05) is 36.4 Å². The van der Waals surface area contributed by atoms with E-state index in [4.69, 9.17) is 11.6 Å². The molecule has 1 amide bonds. The predicted molar refractivity (Wildman–Crippen MR) is 97.6 cm³/mol. The number of hydrogen-bond donors (Lipinski definition) is 1. The largest absolute Gasteiger partial charge is 0.325 e. The lowest BCUT2D eigenvalue weighted by Crippen LogP contribution is -2.13. The fourth-order valence-electron chi connectivity index (χ4n) is 2.51. The van der Waals surface area contributed by atoms with E-state index in [0.717, 1.165) is 10.8 Å². The van der Waals surface area contributed by atoms with Gasteiger partial charge in [0.25, 0.3) is 0 Å². The first kappa shape index (κ1) is 16.2. The van der Waals surface area contributed by atoms with Crippen LogP contribution < -0.4 is 5.32 Å². The number of hydrogen-bond acceptors (Lipinski definition) is 2. The zero-order chi connectivity index (χ0) is 16.9. The maximum absolute atomic E-state index is 12.3. The number of benzene rings is 3. The molecule has 0 bridgehead atoms. The molecule has 3 aromatic carbocycles. The van der Waals surface area contributed by atoms with E-state index < -0.39 is 0 Å². The van der Waals surface area contributed by atoms with E-state index in [1.54, 1.807) is 30.3 Å². The Bertz CT molecular complexity index is 905. The molecule has 3 rings (SSSR count). The number of ketones is 1. The van der Waals surface area contributed by atoms with Crippen molar-refractivity contribution < 1.29 is 9.59 Å². The lowest BCUT2D eigenvalue weighted by atomic mass is 10.0. The Morgan fingerprint density at radius 3 is 2.33 bits per heavy atom. The normalized spacial score (nSPS) is 10.5. The molecule has 0 aromatic heterocycles. The molecular formula is C20H16ClNO2. The summed E-state index contributed by atoms with van der Waals surface area (Å²) in [5, 5.41) is 5.31. The molecule has 0 fully saturated rings. The van der Waals surface area contributed by atoms with Crippen LogP contribution in [0, 0.1) is 0 Å². The van der Waals surface area contributed by atoms with E-state index in [-0.39, 0.29) is 24.5 Å². The molecule has 0 saturated heterocycles. The van der Waals surface area contributed by atoms with Gasteiger partial charge in [0.15, 0.2) is 5.78 Å². The summed E-state index contributed by atoms with van der Waals surface area (Å²) in [6.07, 6.45) is 0.283. The fraction of sp³-hybridized carbons (Fsp3) is 0.100. The van der Waals surface area contributed by atoms with E-state index in [2.05, 4.69) is 5.32 Å². The van der Waals surface area contributed by atoms with Crippen LogP contribution in [0.5, 0.6) is 0 Å². The SMILES string of the molecule is O=C(CCC(=O)c1ccc2ccccc2c1)Nc1ccccc1Cl. The third-order valence-corrected chi connectivity index (χ3v) is 4.13. The molecule has 0 unspecified atom stereocenters.